The minimum atomic E-state index is -1.11. The molecule has 0 aromatic heterocycles. The van der Waals surface area contributed by atoms with E-state index in [4.69, 9.17) is 23.7 Å². The van der Waals surface area contributed by atoms with E-state index in [9.17, 15) is 5.11 Å². The Bertz CT molecular complexity index is 1160. The molecule has 1 N–H and O–H groups in total. The highest BCUT2D eigenvalue weighted by Gasteiger charge is 2.48. The van der Waals surface area contributed by atoms with Gasteiger partial charge in [0.1, 0.15) is 31.0 Å². The summed E-state index contributed by atoms with van der Waals surface area (Å²) in [6.07, 6.45) is -1.06. The molecule has 0 saturated carbocycles. The van der Waals surface area contributed by atoms with Gasteiger partial charge in [-0.2, -0.15) is 0 Å². The van der Waals surface area contributed by atoms with E-state index in [0.717, 1.165) is 22.3 Å². The number of aliphatic hydroxyl groups excluding tert-OH is 1. The van der Waals surface area contributed by atoms with Crippen LogP contribution in [0.2, 0.25) is 0 Å². The lowest BCUT2D eigenvalue weighted by atomic mass is 9.95. The molecular weight excluding hydrogens is 456 g/mol. The quantitative estimate of drug-likeness (QED) is 0.511. The molecule has 0 radical (unpaired) electrons. The number of rotatable bonds is 7. The summed E-state index contributed by atoms with van der Waals surface area (Å²) >= 11 is 0. The van der Waals surface area contributed by atoms with Crippen molar-refractivity contribution >= 4 is 0 Å². The first-order valence-electron chi connectivity index (χ1n) is 12.3. The second-order valence-corrected chi connectivity index (χ2v) is 9.30. The third-order valence-electron chi connectivity index (χ3n) is 6.55. The fraction of sp³-hybridized carbons (Fsp3) is 0.333. The van der Waals surface area contributed by atoms with Crippen LogP contribution in [-0.4, -0.2) is 36.1 Å². The van der Waals surface area contributed by atoms with Crippen LogP contribution in [-0.2, 0) is 50.1 Å². The fourth-order valence-corrected chi connectivity index (χ4v) is 4.56. The number of hydrogen-bond acceptors (Lipinski definition) is 6. The largest absolute Gasteiger partial charge is 0.487 e. The maximum Gasteiger partial charge on any atom is 0.171 e. The molecule has 2 aliphatic rings. The SMILES string of the molecule is CC1(CO)OC2COCc3ccccc3COC(=C1OCc1ccccc1)[C@@H]2OCc1ccccc1. The van der Waals surface area contributed by atoms with E-state index in [-0.39, 0.29) is 13.2 Å². The summed E-state index contributed by atoms with van der Waals surface area (Å²) in [6, 6.07) is 27.9. The maximum atomic E-state index is 10.4. The highest BCUT2D eigenvalue weighted by Crippen LogP contribution is 2.39. The summed E-state index contributed by atoms with van der Waals surface area (Å²) in [5.74, 6) is 0.983. The highest BCUT2D eigenvalue weighted by atomic mass is 16.6. The van der Waals surface area contributed by atoms with Crippen molar-refractivity contribution in [3.05, 3.63) is 119 Å². The average molecular weight is 489 g/mol. The van der Waals surface area contributed by atoms with Crippen LogP contribution in [0.15, 0.2) is 96.4 Å². The Morgan fingerprint density at radius 1 is 0.833 bits per heavy atom. The van der Waals surface area contributed by atoms with Crippen molar-refractivity contribution in [2.24, 2.45) is 0 Å². The molecular formula is C30H32O6. The molecule has 36 heavy (non-hydrogen) atoms. The molecule has 6 heteroatoms. The third kappa shape index (κ3) is 5.47. The van der Waals surface area contributed by atoms with Gasteiger partial charge in [0.05, 0.1) is 26.4 Å². The van der Waals surface area contributed by atoms with E-state index in [0.29, 0.717) is 37.9 Å². The first-order valence-corrected chi connectivity index (χ1v) is 12.3. The molecule has 0 fully saturated rings. The molecule has 3 aromatic rings. The molecule has 6 nitrogen and oxygen atoms in total. The molecule has 5 rings (SSSR count). The molecule has 3 aromatic carbocycles. The van der Waals surface area contributed by atoms with Crippen LogP contribution in [0.25, 0.3) is 0 Å². The van der Waals surface area contributed by atoms with Crippen molar-refractivity contribution in [3.8, 4) is 0 Å². The summed E-state index contributed by atoms with van der Waals surface area (Å²) in [6.45, 7) is 3.27. The van der Waals surface area contributed by atoms with Gasteiger partial charge in [0.25, 0.3) is 0 Å². The van der Waals surface area contributed by atoms with Crippen molar-refractivity contribution in [2.45, 2.75) is 51.2 Å². The zero-order valence-electron chi connectivity index (χ0n) is 20.5. The zero-order chi connectivity index (χ0) is 24.8. The van der Waals surface area contributed by atoms with Gasteiger partial charge < -0.3 is 28.8 Å². The Hall–Kier alpha value is -3.16. The van der Waals surface area contributed by atoms with Crippen LogP contribution in [0.3, 0.4) is 0 Å². The lowest BCUT2D eigenvalue weighted by Crippen LogP contribution is -2.53. The van der Waals surface area contributed by atoms with Gasteiger partial charge in [-0.05, 0) is 29.2 Å². The fourth-order valence-electron chi connectivity index (χ4n) is 4.56. The van der Waals surface area contributed by atoms with Gasteiger partial charge in [-0.15, -0.1) is 0 Å². The monoisotopic (exact) mass is 488 g/mol. The van der Waals surface area contributed by atoms with Crippen molar-refractivity contribution < 1.29 is 28.8 Å². The Balaban J connectivity index is 1.52. The summed E-state index contributed by atoms with van der Waals surface area (Å²) in [5, 5.41) is 10.4. The van der Waals surface area contributed by atoms with Gasteiger partial charge >= 0.3 is 0 Å². The second-order valence-electron chi connectivity index (χ2n) is 9.30. The second kappa shape index (κ2) is 11.3. The normalized spacial score (nSPS) is 23.9. The molecule has 2 unspecified atom stereocenters. The molecule has 2 bridgehead atoms. The summed E-state index contributed by atoms with van der Waals surface area (Å²) in [4.78, 5) is 0. The Morgan fingerprint density at radius 2 is 1.44 bits per heavy atom. The third-order valence-corrected chi connectivity index (χ3v) is 6.55. The van der Waals surface area contributed by atoms with E-state index in [1.807, 2.05) is 91.9 Å². The number of hydrogen-bond donors (Lipinski definition) is 1. The first-order chi connectivity index (χ1) is 17.7. The van der Waals surface area contributed by atoms with Crippen LogP contribution in [0.1, 0.15) is 29.2 Å². The van der Waals surface area contributed by atoms with Crippen molar-refractivity contribution in [3.63, 3.8) is 0 Å². The molecule has 3 atom stereocenters. The molecule has 2 aliphatic heterocycles. The Kier molecular flexibility index (Phi) is 7.68. The van der Waals surface area contributed by atoms with Crippen molar-refractivity contribution in [1.29, 1.82) is 0 Å². The van der Waals surface area contributed by atoms with E-state index < -0.39 is 17.8 Å². The molecule has 0 amide bonds. The van der Waals surface area contributed by atoms with Crippen LogP contribution in [0.5, 0.6) is 0 Å². The van der Waals surface area contributed by atoms with Gasteiger partial charge in [0, 0.05) is 0 Å². The molecule has 0 spiro atoms. The Labute approximate surface area is 212 Å². The van der Waals surface area contributed by atoms with Crippen LogP contribution >= 0.6 is 0 Å². The van der Waals surface area contributed by atoms with Crippen LogP contribution in [0.4, 0.5) is 0 Å². The average Bonchev–Trinajstić information content (AvgIpc) is 2.92. The predicted molar refractivity (Wildman–Crippen MR) is 135 cm³/mol. The van der Waals surface area contributed by atoms with E-state index in [1.165, 1.54) is 0 Å². The highest BCUT2D eigenvalue weighted by molar-refractivity contribution is 5.29. The zero-order valence-corrected chi connectivity index (χ0v) is 20.5. The lowest BCUT2D eigenvalue weighted by Gasteiger charge is -2.43. The number of fused-ring (bicyclic) bond motifs is 3. The van der Waals surface area contributed by atoms with Crippen molar-refractivity contribution in [2.75, 3.05) is 13.2 Å². The van der Waals surface area contributed by atoms with Gasteiger partial charge in [-0.3, -0.25) is 0 Å². The molecule has 188 valence electrons. The van der Waals surface area contributed by atoms with Gasteiger partial charge in [0.2, 0.25) is 0 Å². The Morgan fingerprint density at radius 3 is 2.11 bits per heavy atom. The van der Waals surface area contributed by atoms with E-state index in [2.05, 4.69) is 0 Å². The number of ether oxygens (including phenoxy) is 5. The van der Waals surface area contributed by atoms with Gasteiger partial charge in [-0.25, -0.2) is 0 Å². The smallest absolute Gasteiger partial charge is 0.171 e. The lowest BCUT2D eigenvalue weighted by molar-refractivity contribution is -0.203. The number of benzene rings is 3. The number of aliphatic hydroxyl groups is 1. The van der Waals surface area contributed by atoms with Crippen LogP contribution in [0, 0.1) is 0 Å². The first kappa shape index (κ1) is 24.5. The van der Waals surface area contributed by atoms with E-state index >= 15 is 0 Å². The standard InChI is InChI=1S/C30H32O6/c1-30(21-31)29(35-17-23-12-6-3-7-13-23)28-27(33-16-22-10-4-2-5-11-22)26(36-30)20-32-18-24-14-8-9-15-25(24)19-34-28/h2-15,26-27,31H,16-21H2,1H3/t26?,27-,30?/m1/s1. The van der Waals surface area contributed by atoms with Gasteiger partial charge in [-0.1, -0.05) is 84.9 Å². The molecule has 0 saturated heterocycles. The van der Waals surface area contributed by atoms with Gasteiger partial charge in [0.15, 0.2) is 11.5 Å². The topological polar surface area (TPSA) is 66.4 Å². The van der Waals surface area contributed by atoms with E-state index in [1.54, 1.807) is 0 Å². The van der Waals surface area contributed by atoms with Crippen molar-refractivity contribution in [1.82, 2.24) is 0 Å². The van der Waals surface area contributed by atoms with Crippen LogP contribution < -0.4 is 0 Å². The molecule has 0 aliphatic carbocycles. The summed E-state index contributed by atoms with van der Waals surface area (Å²) in [5.41, 5.74) is 3.03. The summed E-state index contributed by atoms with van der Waals surface area (Å²) in [7, 11) is 0. The minimum absolute atomic E-state index is 0.275. The minimum Gasteiger partial charge on any atom is -0.487 e. The maximum absolute atomic E-state index is 10.4. The summed E-state index contributed by atoms with van der Waals surface area (Å²) < 4.78 is 31.8. The molecule has 2 heterocycles. The predicted octanol–water partition coefficient (Wildman–Crippen LogP) is 4.90.